The number of aryl methyl sites for hydroxylation is 1. The van der Waals surface area contributed by atoms with E-state index in [9.17, 15) is 17.6 Å². The Balaban J connectivity index is 1.51. The molecule has 1 aromatic heterocycles. The summed E-state index contributed by atoms with van der Waals surface area (Å²) in [6.45, 7) is 3.81. The first-order chi connectivity index (χ1) is 16.7. The van der Waals surface area contributed by atoms with Crippen LogP contribution < -0.4 is 4.90 Å². The lowest BCUT2D eigenvalue weighted by Gasteiger charge is -2.33. The number of likely N-dealkylation sites (N-methyl/N-ethyl adjacent to an activating group) is 1. The van der Waals surface area contributed by atoms with Gasteiger partial charge in [-0.05, 0) is 75.3 Å². The SMILES string of the molecule is CCc1ccc2nc(N(CCN(C)C)C(=O)C3CCN(S(=O)(=O)c4ccc(F)cc4)CC3)sc2c1. The summed E-state index contributed by atoms with van der Waals surface area (Å²) < 4.78 is 41.6. The fourth-order valence-corrected chi connectivity index (χ4v) is 6.74. The molecule has 0 aliphatic carbocycles. The van der Waals surface area contributed by atoms with Gasteiger partial charge in [0.1, 0.15) is 5.82 Å². The fourth-order valence-electron chi connectivity index (χ4n) is 4.21. The van der Waals surface area contributed by atoms with Gasteiger partial charge in [0.05, 0.1) is 15.1 Å². The van der Waals surface area contributed by atoms with Crippen molar-refractivity contribution in [2.75, 3.05) is 45.2 Å². The highest BCUT2D eigenvalue weighted by molar-refractivity contribution is 7.89. The van der Waals surface area contributed by atoms with E-state index in [-0.39, 0.29) is 29.8 Å². The molecule has 2 heterocycles. The van der Waals surface area contributed by atoms with E-state index in [0.717, 1.165) is 28.8 Å². The molecular weight excluding hydrogens is 487 g/mol. The van der Waals surface area contributed by atoms with Crippen LogP contribution in [0.2, 0.25) is 0 Å². The Hall–Kier alpha value is -2.40. The number of carbonyl (C=O) groups excluding carboxylic acids is 1. The zero-order chi connectivity index (χ0) is 25.2. The number of nitrogens with zero attached hydrogens (tertiary/aromatic N) is 4. The topological polar surface area (TPSA) is 73.8 Å². The molecule has 35 heavy (non-hydrogen) atoms. The van der Waals surface area contributed by atoms with Gasteiger partial charge in [0, 0.05) is 32.1 Å². The van der Waals surface area contributed by atoms with Gasteiger partial charge in [-0.2, -0.15) is 4.31 Å². The van der Waals surface area contributed by atoms with Crippen molar-refractivity contribution in [2.24, 2.45) is 5.92 Å². The highest BCUT2D eigenvalue weighted by Crippen LogP contribution is 2.32. The first-order valence-corrected chi connectivity index (χ1v) is 14.1. The lowest BCUT2D eigenvalue weighted by Crippen LogP contribution is -2.46. The van der Waals surface area contributed by atoms with Gasteiger partial charge in [-0.3, -0.25) is 9.69 Å². The van der Waals surface area contributed by atoms with Crippen LogP contribution in [0.15, 0.2) is 47.4 Å². The lowest BCUT2D eigenvalue weighted by atomic mass is 9.96. The van der Waals surface area contributed by atoms with Gasteiger partial charge >= 0.3 is 0 Å². The van der Waals surface area contributed by atoms with Crippen LogP contribution in [0.3, 0.4) is 0 Å². The number of fused-ring (bicyclic) bond motifs is 1. The van der Waals surface area contributed by atoms with E-state index in [2.05, 4.69) is 19.1 Å². The third kappa shape index (κ3) is 5.72. The summed E-state index contributed by atoms with van der Waals surface area (Å²) in [5.74, 6) is -0.776. The summed E-state index contributed by atoms with van der Waals surface area (Å²) in [4.78, 5) is 22.3. The first kappa shape index (κ1) is 25.7. The Morgan fingerprint density at radius 1 is 1.11 bits per heavy atom. The number of benzene rings is 2. The number of thiazole rings is 1. The van der Waals surface area contributed by atoms with E-state index in [1.165, 1.54) is 33.3 Å². The second kappa shape index (κ2) is 10.7. The molecule has 2 aromatic carbocycles. The Kier molecular flexibility index (Phi) is 7.85. The van der Waals surface area contributed by atoms with Crippen molar-refractivity contribution >= 4 is 42.6 Å². The van der Waals surface area contributed by atoms with Crippen molar-refractivity contribution in [3.63, 3.8) is 0 Å². The van der Waals surface area contributed by atoms with E-state index < -0.39 is 15.8 Å². The number of piperidine rings is 1. The van der Waals surface area contributed by atoms with Gasteiger partial charge < -0.3 is 4.90 Å². The third-order valence-electron chi connectivity index (χ3n) is 6.37. The summed E-state index contributed by atoms with van der Waals surface area (Å²) in [6.07, 6.45) is 1.80. The number of halogens is 1. The molecule has 1 saturated heterocycles. The minimum atomic E-state index is -3.72. The van der Waals surface area contributed by atoms with Gasteiger partial charge in [-0.15, -0.1) is 0 Å². The number of aromatic nitrogens is 1. The number of sulfonamides is 1. The van der Waals surface area contributed by atoms with Gasteiger partial charge in [0.15, 0.2) is 5.13 Å². The standard InChI is InChI=1S/C25H31FN4O3S2/c1-4-18-5-10-22-23(17-18)34-25(27-22)30(16-15-28(2)3)24(31)19-11-13-29(14-12-19)35(32,33)21-8-6-20(26)7-9-21/h5-10,17,19H,4,11-16H2,1-3H3. The van der Waals surface area contributed by atoms with Gasteiger partial charge in [0.2, 0.25) is 15.9 Å². The summed E-state index contributed by atoms with van der Waals surface area (Å²) in [7, 11) is 0.210. The second-order valence-corrected chi connectivity index (χ2v) is 12.0. The van der Waals surface area contributed by atoms with Crippen LogP contribution in [0.4, 0.5) is 9.52 Å². The molecule has 0 bridgehead atoms. The highest BCUT2D eigenvalue weighted by atomic mass is 32.2. The summed E-state index contributed by atoms with van der Waals surface area (Å²) >= 11 is 1.52. The van der Waals surface area contributed by atoms with E-state index in [4.69, 9.17) is 4.98 Å². The molecular formula is C25H31FN4O3S2. The molecule has 7 nitrogen and oxygen atoms in total. The van der Waals surface area contributed by atoms with Crippen molar-refractivity contribution in [3.8, 4) is 0 Å². The maximum absolute atomic E-state index is 13.6. The summed E-state index contributed by atoms with van der Waals surface area (Å²) in [5.41, 5.74) is 2.11. The predicted molar refractivity (Wildman–Crippen MR) is 138 cm³/mol. The number of amides is 1. The van der Waals surface area contributed by atoms with E-state index in [0.29, 0.717) is 31.1 Å². The molecule has 0 atom stereocenters. The molecule has 1 aliphatic heterocycles. The molecule has 4 rings (SSSR count). The van der Waals surface area contributed by atoms with E-state index >= 15 is 0 Å². The molecule has 188 valence electrons. The molecule has 3 aromatic rings. The average molecular weight is 519 g/mol. The van der Waals surface area contributed by atoms with Gasteiger partial charge in [-0.25, -0.2) is 17.8 Å². The zero-order valence-electron chi connectivity index (χ0n) is 20.3. The minimum Gasteiger partial charge on any atom is -0.308 e. The monoisotopic (exact) mass is 518 g/mol. The van der Waals surface area contributed by atoms with Crippen LogP contribution in [0.5, 0.6) is 0 Å². The fraction of sp³-hybridized carbons (Fsp3) is 0.440. The molecule has 0 saturated carbocycles. The normalized spacial score (nSPS) is 15.7. The molecule has 0 N–H and O–H groups in total. The molecule has 1 fully saturated rings. The van der Waals surface area contributed by atoms with Gasteiger partial charge in [-0.1, -0.05) is 24.3 Å². The number of hydrogen-bond acceptors (Lipinski definition) is 6. The smallest absolute Gasteiger partial charge is 0.243 e. The Labute approximate surface area is 210 Å². The van der Waals surface area contributed by atoms with E-state index in [1.807, 2.05) is 25.1 Å². The van der Waals surface area contributed by atoms with Crippen molar-refractivity contribution in [2.45, 2.75) is 31.1 Å². The zero-order valence-corrected chi connectivity index (χ0v) is 21.9. The van der Waals surface area contributed by atoms with Crippen LogP contribution >= 0.6 is 11.3 Å². The van der Waals surface area contributed by atoms with Gasteiger partial charge in [0.25, 0.3) is 0 Å². The second-order valence-electron chi connectivity index (χ2n) is 9.08. The highest BCUT2D eigenvalue weighted by Gasteiger charge is 2.35. The predicted octanol–water partition coefficient (Wildman–Crippen LogP) is 3.99. The van der Waals surface area contributed by atoms with Crippen molar-refractivity contribution in [1.29, 1.82) is 0 Å². The van der Waals surface area contributed by atoms with Crippen molar-refractivity contribution in [1.82, 2.24) is 14.2 Å². The maximum Gasteiger partial charge on any atom is 0.243 e. The van der Waals surface area contributed by atoms with Crippen LogP contribution in [0.1, 0.15) is 25.3 Å². The molecule has 1 amide bonds. The number of anilines is 1. The largest absolute Gasteiger partial charge is 0.308 e. The molecule has 1 aliphatic rings. The van der Waals surface area contributed by atoms with Crippen LogP contribution in [-0.2, 0) is 21.2 Å². The summed E-state index contributed by atoms with van der Waals surface area (Å²) in [6, 6.07) is 11.0. The molecule has 10 heteroatoms. The quantitative estimate of drug-likeness (QED) is 0.451. The Morgan fingerprint density at radius 3 is 2.43 bits per heavy atom. The summed E-state index contributed by atoms with van der Waals surface area (Å²) in [5, 5.41) is 0.682. The number of carbonyl (C=O) groups is 1. The number of rotatable bonds is 8. The lowest BCUT2D eigenvalue weighted by molar-refractivity contribution is -0.123. The van der Waals surface area contributed by atoms with Crippen LogP contribution in [0.25, 0.3) is 10.2 Å². The van der Waals surface area contributed by atoms with Crippen molar-refractivity contribution < 1.29 is 17.6 Å². The van der Waals surface area contributed by atoms with Crippen LogP contribution in [0, 0.1) is 11.7 Å². The van der Waals surface area contributed by atoms with Crippen LogP contribution in [-0.4, -0.2) is 68.8 Å². The molecule has 0 unspecified atom stereocenters. The average Bonchev–Trinajstić information content (AvgIpc) is 3.27. The van der Waals surface area contributed by atoms with E-state index in [1.54, 1.807) is 4.90 Å². The Bertz CT molecular complexity index is 1280. The first-order valence-electron chi connectivity index (χ1n) is 11.8. The number of hydrogen-bond donors (Lipinski definition) is 0. The van der Waals surface area contributed by atoms with Crippen molar-refractivity contribution in [3.05, 3.63) is 53.8 Å². The maximum atomic E-state index is 13.6. The molecule has 0 spiro atoms. The third-order valence-corrected chi connectivity index (χ3v) is 9.33. The molecule has 0 radical (unpaired) electrons. The minimum absolute atomic E-state index is 0.0135. The Morgan fingerprint density at radius 2 is 1.80 bits per heavy atom.